The molecular weight excluding hydrogens is 404 g/mol. The van der Waals surface area contributed by atoms with Gasteiger partial charge in [-0.1, -0.05) is 0 Å². The molecular formula is C20H22N6O3S. The highest BCUT2D eigenvalue weighted by Gasteiger charge is 2.26. The van der Waals surface area contributed by atoms with Crippen LogP contribution in [-0.4, -0.2) is 62.7 Å². The largest absolute Gasteiger partial charge is 0.459 e. The number of rotatable bonds is 5. The van der Waals surface area contributed by atoms with Crippen molar-refractivity contribution < 1.29 is 14.0 Å². The van der Waals surface area contributed by atoms with E-state index in [1.54, 1.807) is 21.9 Å². The number of carbonyl (C=O) groups is 2. The van der Waals surface area contributed by atoms with E-state index in [4.69, 9.17) is 4.42 Å². The summed E-state index contributed by atoms with van der Waals surface area (Å²) in [5, 5.41) is 5.61. The van der Waals surface area contributed by atoms with Gasteiger partial charge >= 0.3 is 0 Å². The summed E-state index contributed by atoms with van der Waals surface area (Å²) in [7, 11) is 0. The van der Waals surface area contributed by atoms with Crippen molar-refractivity contribution in [2.24, 2.45) is 0 Å². The first-order valence-electron chi connectivity index (χ1n) is 9.62. The molecule has 156 valence electrons. The summed E-state index contributed by atoms with van der Waals surface area (Å²) in [5.41, 5.74) is 2.45. The monoisotopic (exact) mass is 426 g/mol. The molecule has 2 amide bonds. The van der Waals surface area contributed by atoms with E-state index in [1.165, 1.54) is 17.6 Å². The van der Waals surface area contributed by atoms with Crippen molar-refractivity contribution in [2.45, 2.75) is 20.3 Å². The predicted molar refractivity (Wildman–Crippen MR) is 112 cm³/mol. The van der Waals surface area contributed by atoms with Crippen LogP contribution in [0.15, 0.2) is 34.3 Å². The number of nitrogens with zero attached hydrogens (tertiary/aromatic N) is 5. The maximum absolute atomic E-state index is 12.7. The first kappa shape index (κ1) is 20.0. The van der Waals surface area contributed by atoms with Gasteiger partial charge in [-0.05, 0) is 32.0 Å². The molecule has 1 fully saturated rings. The minimum atomic E-state index is -0.143. The van der Waals surface area contributed by atoms with Crippen LogP contribution in [0.5, 0.6) is 0 Å². The van der Waals surface area contributed by atoms with Crippen molar-refractivity contribution in [1.82, 2.24) is 24.8 Å². The highest BCUT2D eigenvalue weighted by Crippen LogP contribution is 2.20. The molecule has 3 aromatic rings. The van der Waals surface area contributed by atoms with Crippen LogP contribution < -0.4 is 5.32 Å². The number of aryl methyl sites for hydroxylation is 2. The number of piperazine rings is 1. The minimum absolute atomic E-state index is 0.000373. The molecule has 9 nitrogen and oxygen atoms in total. The van der Waals surface area contributed by atoms with Gasteiger partial charge in [0.15, 0.2) is 10.9 Å². The van der Waals surface area contributed by atoms with Crippen LogP contribution in [0.4, 0.5) is 11.1 Å². The first-order valence-corrected chi connectivity index (χ1v) is 10.5. The Hall–Kier alpha value is -3.27. The van der Waals surface area contributed by atoms with Gasteiger partial charge in [0.05, 0.1) is 18.4 Å². The Labute approximate surface area is 177 Å². The summed E-state index contributed by atoms with van der Waals surface area (Å²) in [6.45, 7) is 5.79. The van der Waals surface area contributed by atoms with Crippen LogP contribution in [0.2, 0.25) is 0 Å². The Bertz CT molecular complexity index is 1020. The zero-order valence-corrected chi connectivity index (χ0v) is 17.6. The fourth-order valence-corrected chi connectivity index (χ4v) is 4.01. The molecule has 0 bridgehead atoms. The third kappa shape index (κ3) is 4.65. The van der Waals surface area contributed by atoms with Crippen LogP contribution in [0.3, 0.4) is 0 Å². The molecule has 0 saturated carbocycles. The molecule has 0 atom stereocenters. The molecule has 0 aliphatic carbocycles. The smallest absolute Gasteiger partial charge is 0.289 e. The molecule has 1 aliphatic heterocycles. The normalized spacial score (nSPS) is 14.1. The highest BCUT2D eigenvalue weighted by atomic mass is 32.1. The number of aromatic nitrogens is 3. The predicted octanol–water partition coefficient (Wildman–Crippen LogP) is 2.41. The first-order chi connectivity index (χ1) is 14.5. The van der Waals surface area contributed by atoms with E-state index in [0.717, 1.165) is 11.4 Å². The lowest BCUT2D eigenvalue weighted by atomic mass is 10.2. The van der Waals surface area contributed by atoms with Gasteiger partial charge in [0, 0.05) is 42.9 Å². The van der Waals surface area contributed by atoms with Crippen molar-refractivity contribution in [3.8, 4) is 0 Å². The summed E-state index contributed by atoms with van der Waals surface area (Å²) < 4.78 is 5.17. The molecule has 3 aromatic heterocycles. The Morgan fingerprint density at radius 1 is 1.10 bits per heavy atom. The van der Waals surface area contributed by atoms with E-state index in [9.17, 15) is 9.59 Å². The van der Waals surface area contributed by atoms with Crippen LogP contribution in [-0.2, 0) is 11.2 Å². The number of furan rings is 1. The molecule has 4 rings (SSSR count). The Kier molecular flexibility index (Phi) is 5.75. The molecule has 4 heterocycles. The van der Waals surface area contributed by atoms with Crippen LogP contribution in [0.25, 0.3) is 0 Å². The van der Waals surface area contributed by atoms with E-state index in [2.05, 4.69) is 20.3 Å². The summed E-state index contributed by atoms with van der Waals surface area (Å²) in [6, 6.07) is 5.24. The van der Waals surface area contributed by atoms with E-state index in [0.29, 0.717) is 48.7 Å². The second-order valence-corrected chi connectivity index (χ2v) is 7.93. The molecule has 0 spiro atoms. The summed E-state index contributed by atoms with van der Waals surface area (Å²) in [4.78, 5) is 41.6. The number of anilines is 2. The lowest BCUT2D eigenvalue weighted by Gasteiger charge is -2.34. The number of carbonyl (C=O) groups excluding carboxylic acids is 2. The molecule has 0 radical (unpaired) electrons. The Balaban J connectivity index is 1.30. The van der Waals surface area contributed by atoms with Crippen LogP contribution in [0.1, 0.15) is 27.6 Å². The molecule has 0 aromatic carbocycles. The van der Waals surface area contributed by atoms with Crippen molar-refractivity contribution in [2.75, 3.05) is 31.5 Å². The zero-order valence-electron chi connectivity index (χ0n) is 16.8. The fourth-order valence-electron chi connectivity index (χ4n) is 3.30. The van der Waals surface area contributed by atoms with Crippen molar-refractivity contribution in [3.63, 3.8) is 0 Å². The van der Waals surface area contributed by atoms with Crippen LogP contribution >= 0.6 is 11.3 Å². The molecule has 1 N–H and O–H groups in total. The van der Waals surface area contributed by atoms with E-state index < -0.39 is 0 Å². The number of hydrogen-bond donors (Lipinski definition) is 1. The van der Waals surface area contributed by atoms with E-state index >= 15 is 0 Å². The average Bonchev–Trinajstić information content (AvgIpc) is 3.39. The lowest BCUT2D eigenvalue weighted by Crippen LogP contribution is -2.50. The molecule has 30 heavy (non-hydrogen) atoms. The van der Waals surface area contributed by atoms with Gasteiger partial charge in [0.1, 0.15) is 0 Å². The molecule has 0 unspecified atom stereocenters. The third-order valence-electron chi connectivity index (χ3n) is 4.74. The number of hydrogen-bond acceptors (Lipinski definition) is 8. The second-order valence-electron chi connectivity index (χ2n) is 7.07. The van der Waals surface area contributed by atoms with Crippen molar-refractivity contribution in [1.29, 1.82) is 0 Å². The van der Waals surface area contributed by atoms with Gasteiger partial charge in [-0.25, -0.2) is 15.0 Å². The van der Waals surface area contributed by atoms with Gasteiger partial charge < -0.3 is 19.5 Å². The standard InChI is InChI=1S/C20H22N6O3S/c1-13-10-14(2)22-19(21-13)24-20-23-15(12-30-20)11-17(27)25-5-7-26(8-6-25)18(28)16-4-3-9-29-16/h3-4,9-10,12H,5-8,11H2,1-2H3,(H,21,22,23,24). The summed E-state index contributed by atoms with van der Waals surface area (Å²) in [6.07, 6.45) is 1.70. The van der Waals surface area contributed by atoms with Gasteiger partial charge in [-0.15, -0.1) is 11.3 Å². The third-order valence-corrected chi connectivity index (χ3v) is 5.54. The quantitative estimate of drug-likeness (QED) is 0.668. The van der Waals surface area contributed by atoms with Crippen molar-refractivity contribution >= 4 is 34.2 Å². The average molecular weight is 427 g/mol. The topological polar surface area (TPSA) is 104 Å². The van der Waals surface area contributed by atoms with Crippen LogP contribution in [0, 0.1) is 13.8 Å². The Morgan fingerprint density at radius 3 is 2.47 bits per heavy atom. The van der Waals surface area contributed by atoms with Crippen molar-refractivity contribution in [3.05, 3.63) is 52.7 Å². The lowest BCUT2D eigenvalue weighted by molar-refractivity contribution is -0.132. The minimum Gasteiger partial charge on any atom is -0.459 e. The van der Waals surface area contributed by atoms with E-state index in [1.807, 2.05) is 25.3 Å². The number of nitrogens with one attached hydrogen (secondary N) is 1. The SMILES string of the molecule is Cc1cc(C)nc(Nc2nc(CC(=O)N3CCN(C(=O)c4ccco4)CC3)cs2)n1. The maximum atomic E-state index is 12.7. The molecule has 1 aliphatic rings. The molecule has 1 saturated heterocycles. The second kappa shape index (κ2) is 8.62. The van der Waals surface area contributed by atoms with Gasteiger partial charge in [0.25, 0.3) is 5.91 Å². The Morgan fingerprint density at radius 2 is 1.80 bits per heavy atom. The molecule has 10 heteroatoms. The summed E-state index contributed by atoms with van der Waals surface area (Å²) >= 11 is 1.41. The van der Waals surface area contributed by atoms with Gasteiger partial charge in [-0.3, -0.25) is 9.59 Å². The van der Waals surface area contributed by atoms with Gasteiger partial charge in [-0.2, -0.15) is 0 Å². The van der Waals surface area contributed by atoms with Gasteiger partial charge in [0.2, 0.25) is 11.9 Å². The fraction of sp³-hybridized carbons (Fsp3) is 0.350. The maximum Gasteiger partial charge on any atom is 0.289 e. The summed E-state index contributed by atoms with van der Waals surface area (Å²) in [5.74, 6) is 0.678. The van der Waals surface area contributed by atoms with E-state index in [-0.39, 0.29) is 18.2 Å². The zero-order chi connectivity index (χ0) is 21.1. The number of thiazole rings is 1. The highest BCUT2D eigenvalue weighted by molar-refractivity contribution is 7.13. The number of amides is 2.